The molecule has 1 aromatic rings. The van der Waals surface area contributed by atoms with E-state index in [0.29, 0.717) is 6.54 Å². The van der Waals surface area contributed by atoms with E-state index >= 15 is 0 Å². The van der Waals surface area contributed by atoms with Gasteiger partial charge in [-0.2, -0.15) is 0 Å². The van der Waals surface area contributed by atoms with Crippen LogP contribution in [0.3, 0.4) is 0 Å². The van der Waals surface area contributed by atoms with Gasteiger partial charge in [0.1, 0.15) is 9.84 Å². The fraction of sp³-hybridized carbons (Fsp3) is 0.538. The summed E-state index contributed by atoms with van der Waals surface area (Å²) < 4.78 is 23.4. The molecule has 19 heavy (non-hydrogen) atoms. The lowest BCUT2D eigenvalue weighted by Crippen LogP contribution is -2.25. The number of hydrogen-bond acceptors (Lipinski definition) is 4. The number of anilines is 1. The molecule has 1 N–H and O–H groups in total. The normalized spacial score (nSPS) is 13.3. The summed E-state index contributed by atoms with van der Waals surface area (Å²) in [5, 5.41) is 3.19. The first-order valence-corrected chi connectivity index (χ1v) is 8.95. The molecule has 0 aromatic heterocycles. The molecule has 1 aromatic carbocycles. The highest BCUT2D eigenvalue weighted by molar-refractivity contribution is 9.10. The molecule has 0 fully saturated rings. The molecular formula is C13H21BrN2O2S. The van der Waals surface area contributed by atoms with E-state index in [-0.39, 0.29) is 11.8 Å². The van der Waals surface area contributed by atoms with Crippen LogP contribution in [0.15, 0.2) is 22.7 Å². The third-order valence-electron chi connectivity index (χ3n) is 3.12. The van der Waals surface area contributed by atoms with Crippen LogP contribution in [0, 0.1) is 0 Å². The van der Waals surface area contributed by atoms with E-state index in [1.54, 1.807) is 0 Å². The molecule has 6 heteroatoms. The summed E-state index contributed by atoms with van der Waals surface area (Å²) in [7, 11) is 0.891. The average molecular weight is 349 g/mol. The fourth-order valence-electron chi connectivity index (χ4n) is 1.69. The van der Waals surface area contributed by atoms with Crippen LogP contribution in [0.25, 0.3) is 0 Å². The summed E-state index contributed by atoms with van der Waals surface area (Å²) in [5.41, 5.74) is 2.19. The van der Waals surface area contributed by atoms with Gasteiger partial charge in [-0.25, -0.2) is 8.42 Å². The van der Waals surface area contributed by atoms with E-state index in [2.05, 4.69) is 34.2 Å². The van der Waals surface area contributed by atoms with Crippen molar-refractivity contribution in [1.82, 2.24) is 5.32 Å². The Balaban J connectivity index is 2.83. The molecule has 0 spiro atoms. The highest BCUT2D eigenvalue weighted by atomic mass is 79.9. The van der Waals surface area contributed by atoms with Crippen LogP contribution in [-0.2, 0) is 9.84 Å². The molecule has 0 heterocycles. The monoisotopic (exact) mass is 348 g/mol. The standard InChI is InChI=1S/C13H21BrN2O2S/c1-10(15-2)12-6-5-11(9-13(12)14)16(3)7-8-19(4,17)18/h5-6,9-10,15H,7-8H2,1-4H3. The number of halogens is 1. The summed E-state index contributed by atoms with van der Waals surface area (Å²) in [6.07, 6.45) is 1.26. The molecule has 108 valence electrons. The van der Waals surface area contributed by atoms with Crippen molar-refractivity contribution in [3.8, 4) is 0 Å². The Hall–Kier alpha value is -0.590. The summed E-state index contributed by atoms with van der Waals surface area (Å²) in [4.78, 5) is 1.94. The van der Waals surface area contributed by atoms with Crippen molar-refractivity contribution in [2.45, 2.75) is 13.0 Å². The first kappa shape index (κ1) is 16.5. The van der Waals surface area contributed by atoms with Crippen molar-refractivity contribution in [3.63, 3.8) is 0 Å². The Morgan fingerprint density at radius 3 is 2.53 bits per heavy atom. The summed E-state index contributed by atoms with van der Waals surface area (Å²) in [6, 6.07) is 6.35. The molecule has 0 saturated heterocycles. The topological polar surface area (TPSA) is 49.4 Å². The van der Waals surface area contributed by atoms with Gasteiger partial charge in [0.05, 0.1) is 5.75 Å². The van der Waals surface area contributed by atoms with Crippen LogP contribution in [0.4, 0.5) is 5.69 Å². The van der Waals surface area contributed by atoms with Crippen LogP contribution >= 0.6 is 15.9 Å². The molecule has 1 rings (SSSR count). The van der Waals surface area contributed by atoms with Crippen molar-refractivity contribution in [3.05, 3.63) is 28.2 Å². The van der Waals surface area contributed by atoms with E-state index in [9.17, 15) is 8.42 Å². The lowest BCUT2D eigenvalue weighted by molar-refractivity contribution is 0.601. The zero-order chi connectivity index (χ0) is 14.6. The van der Waals surface area contributed by atoms with Crippen LogP contribution in [0.5, 0.6) is 0 Å². The fourth-order valence-corrected chi connectivity index (χ4v) is 3.01. The van der Waals surface area contributed by atoms with E-state index in [1.807, 2.05) is 31.1 Å². The maximum absolute atomic E-state index is 11.2. The molecule has 0 bridgehead atoms. The third kappa shape index (κ3) is 5.12. The predicted molar refractivity (Wildman–Crippen MR) is 84.6 cm³/mol. The summed E-state index contributed by atoms with van der Waals surface area (Å²) >= 11 is 3.56. The lowest BCUT2D eigenvalue weighted by atomic mass is 10.1. The van der Waals surface area contributed by atoms with Gasteiger partial charge in [-0.1, -0.05) is 22.0 Å². The number of nitrogens with zero attached hydrogens (tertiary/aromatic N) is 1. The van der Waals surface area contributed by atoms with Gasteiger partial charge < -0.3 is 10.2 Å². The first-order valence-electron chi connectivity index (χ1n) is 6.10. The van der Waals surface area contributed by atoms with Crippen molar-refractivity contribution in [1.29, 1.82) is 0 Å². The molecule has 4 nitrogen and oxygen atoms in total. The van der Waals surface area contributed by atoms with Crippen molar-refractivity contribution in [2.75, 3.05) is 37.5 Å². The van der Waals surface area contributed by atoms with Gasteiger partial charge in [0.2, 0.25) is 0 Å². The highest BCUT2D eigenvalue weighted by Crippen LogP contribution is 2.27. The Kier molecular flexibility index (Phi) is 5.82. The van der Waals surface area contributed by atoms with Gasteiger partial charge in [-0.05, 0) is 31.7 Å². The van der Waals surface area contributed by atoms with Crippen LogP contribution in [-0.4, -0.2) is 41.1 Å². The SMILES string of the molecule is CNC(C)c1ccc(N(C)CCS(C)(=O)=O)cc1Br. The van der Waals surface area contributed by atoms with Crippen molar-refractivity contribution >= 4 is 31.5 Å². The number of nitrogens with one attached hydrogen (secondary N) is 1. The molecule has 0 aliphatic rings. The van der Waals surface area contributed by atoms with Gasteiger partial charge in [-0.3, -0.25) is 0 Å². The van der Waals surface area contributed by atoms with Gasteiger partial charge in [-0.15, -0.1) is 0 Å². The van der Waals surface area contributed by atoms with Gasteiger partial charge in [0.15, 0.2) is 0 Å². The Bertz CT molecular complexity index is 531. The summed E-state index contributed by atoms with van der Waals surface area (Å²) in [5.74, 6) is 0.162. The molecule has 0 amide bonds. The zero-order valence-corrected chi connectivity index (χ0v) is 14.2. The van der Waals surface area contributed by atoms with E-state index in [1.165, 1.54) is 11.8 Å². The number of sulfone groups is 1. The number of rotatable bonds is 6. The predicted octanol–water partition coefficient (Wildman–Crippen LogP) is 2.21. The van der Waals surface area contributed by atoms with E-state index < -0.39 is 9.84 Å². The molecule has 1 atom stereocenters. The number of benzene rings is 1. The lowest BCUT2D eigenvalue weighted by Gasteiger charge is -2.21. The second-order valence-electron chi connectivity index (χ2n) is 4.77. The van der Waals surface area contributed by atoms with Crippen LogP contribution in [0.1, 0.15) is 18.5 Å². The minimum Gasteiger partial charge on any atom is -0.374 e. The van der Waals surface area contributed by atoms with Gasteiger partial charge >= 0.3 is 0 Å². The Morgan fingerprint density at radius 2 is 2.05 bits per heavy atom. The summed E-state index contributed by atoms with van der Waals surface area (Å²) in [6.45, 7) is 2.58. The molecule has 0 aliphatic carbocycles. The Morgan fingerprint density at radius 1 is 1.42 bits per heavy atom. The van der Waals surface area contributed by atoms with E-state index in [4.69, 9.17) is 0 Å². The largest absolute Gasteiger partial charge is 0.374 e. The first-order chi connectivity index (χ1) is 8.74. The minimum absolute atomic E-state index is 0.162. The molecule has 0 aliphatic heterocycles. The highest BCUT2D eigenvalue weighted by Gasteiger charge is 2.11. The minimum atomic E-state index is -2.93. The van der Waals surface area contributed by atoms with Gasteiger partial charge in [0, 0.05) is 36.1 Å². The maximum atomic E-state index is 11.2. The average Bonchev–Trinajstić information content (AvgIpc) is 2.34. The third-order valence-corrected chi connectivity index (χ3v) is 4.73. The second kappa shape index (κ2) is 6.72. The van der Waals surface area contributed by atoms with Crippen molar-refractivity contribution in [2.24, 2.45) is 0 Å². The molecule has 0 radical (unpaired) electrons. The quantitative estimate of drug-likeness (QED) is 0.856. The zero-order valence-electron chi connectivity index (χ0n) is 11.8. The van der Waals surface area contributed by atoms with Gasteiger partial charge in [0.25, 0.3) is 0 Å². The number of hydrogen-bond donors (Lipinski definition) is 1. The van der Waals surface area contributed by atoms with Crippen LogP contribution in [0.2, 0.25) is 0 Å². The molecule has 1 unspecified atom stereocenters. The van der Waals surface area contributed by atoms with Crippen molar-refractivity contribution < 1.29 is 8.42 Å². The van der Waals surface area contributed by atoms with Crippen LogP contribution < -0.4 is 10.2 Å². The molecular weight excluding hydrogens is 328 g/mol. The second-order valence-corrected chi connectivity index (χ2v) is 7.88. The maximum Gasteiger partial charge on any atom is 0.149 e. The Labute approximate surface area is 124 Å². The smallest absolute Gasteiger partial charge is 0.149 e. The van der Waals surface area contributed by atoms with E-state index in [0.717, 1.165) is 10.2 Å². The molecule has 0 saturated carbocycles.